The quantitative estimate of drug-likeness (QED) is 0.936. The molecule has 0 spiro atoms. The third-order valence-corrected chi connectivity index (χ3v) is 2.99. The number of halogens is 1. The van der Waals surface area contributed by atoms with Crippen LogP contribution < -0.4 is 14.8 Å². The first-order valence-electron chi connectivity index (χ1n) is 5.93. The average Bonchev–Trinajstić information content (AvgIpc) is 2.48. The Kier molecular flexibility index (Phi) is 4.48. The Morgan fingerprint density at radius 3 is 2.35 bits per heavy atom. The van der Waals surface area contributed by atoms with Crippen LogP contribution in [0, 0.1) is 0 Å². The normalized spacial score (nSPS) is 9.95. The summed E-state index contributed by atoms with van der Waals surface area (Å²) in [4.78, 5) is 12.2. The summed E-state index contributed by atoms with van der Waals surface area (Å²) in [7, 11) is 3.10. The molecule has 0 saturated carbocycles. The molecule has 2 rings (SSSR count). The minimum absolute atomic E-state index is 0.283. The number of methoxy groups -OCH3 is 2. The van der Waals surface area contributed by atoms with Gasteiger partial charge in [-0.15, -0.1) is 0 Å². The number of carbonyl (C=O) groups is 1. The van der Waals surface area contributed by atoms with Gasteiger partial charge in [0.1, 0.15) is 11.5 Å². The number of nitrogens with one attached hydrogen (secondary N) is 1. The lowest BCUT2D eigenvalue weighted by molar-refractivity contribution is 0.102. The minimum Gasteiger partial charge on any atom is -0.497 e. The van der Waals surface area contributed by atoms with Gasteiger partial charge in [0, 0.05) is 10.7 Å². The van der Waals surface area contributed by atoms with Crippen LogP contribution in [-0.2, 0) is 0 Å². The van der Waals surface area contributed by atoms with Crippen molar-refractivity contribution in [2.75, 3.05) is 19.5 Å². The lowest BCUT2D eigenvalue weighted by Gasteiger charge is -2.10. The summed E-state index contributed by atoms with van der Waals surface area (Å²) in [6, 6.07) is 12.0. The van der Waals surface area contributed by atoms with Crippen molar-refractivity contribution >= 4 is 23.2 Å². The average molecular weight is 292 g/mol. The lowest BCUT2D eigenvalue weighted by Crippen LogP contribution is -2.13. The number of rotatable bonds is 4. The van der Waals surface area contributed by atoms with E-state index in [9.17, 15) is 4.79 Å². The van der Waals surface area contributed by atoms with Crippen LogP contribution in [0.3, 0.4) is 0 Å². The van der Waals surface area contributed by atoms with E-state index in [1.807, 2.05) is 0 Å². The van der Waals surface area contributed by atoms with E-state index in [0.717, 1.165) is 5.75 Å². The molecule has 2 aromatic carbocycles. The number of hydrogen-bond acceptors (Lipinski definition) is 3. The van der Waals surface area contributed by atoms with Crippen LogP contribution in [0.1, 0.15) is 10.4 Å². The Balaban J connectivity index is 2.20. The molecule has 0 heterocycles. The molecule has 0 bridgehead atoms. The molecule has 4 nitrogen and oxygen atoms in total. The second kappa shape index (κ2) is 6.30. The van der Waals surface area contributed by atoms with E-state index >= 15 is 0 Å². The summed E-state index contributed by atoms with van der Waals surface area (Å²) in [6.07, 6.45) is 0. The van der Waals surface area contributed by atoms with Gasteiger partial charge in [-0.05, 0) is 42.5 Å². The summed E-state index contributed by atoms with van der Waals surface area (Å²) in [5.74, 6) is 0.915. The van der Waals surface area contributed by atoms with Crippen LogP contribution >= 0.6 is 11.6 Å². The standard InChI is InChI=1S/C15H14ClNO3/c1-19-12-6-4-11(5-7-12)17-15(18)13-9-10(16)3-8-14(13)20-2/h3-9H,1-2H3,(H,17,18). The predicted octanol–water partition coefficient (Wildman–Crippen LogP) is 3.61. The van der Waals surface area contributed by atoms with Gasteiger partial charge in [0.2, 0.25) is 0 Å². The molecule has 1 N–H and O–H groups in total. The van der Waals surface area contributed by atoms with Crippen molar-refractivity contribution < 1.29 is 14.3 Å². The fraction of sp³-hybridized carbons (Fsp3) is 0.133. The van der Waals surface area contributed by atoms with E-state index in [4.69, 9.17) is 21.1 Å². The molecule has 0 unspecified atom stereocenters. The van der Waals surface area contributed by atoms with Gasteiger partial charge in [-0.3, -0.25) is 4.79 Å². The topological polar surface area (TPSA) is 47.6 Å². The first kappa shape index (κ1) is 14.2. The maximum absolute atomic E-state index is 12.2. The molecule has 0 aliphatic carbocycles. The molecule has 2 aromatic rings. The van der Waals surface area contributed by atoms with Gasteiger partial charge < -0.3 is 14.8 Å². The Hall–Kier alpha value is -2.20. The number of anilines is 1. The van der Waals surface area contributed by atoms with Crippen molar-refractivity contribution in [2.24, 2.45) is 0 Å². The van der Waals surface area contributed by atoms with Gasteiger partial charge in [-0.2, -0.15) is 0 Å². The molecule has 0 fully saturated rings. The molecule has 0 aromatic heterocycles. The third-order valence-electron chi connectivity index (χ3n) is 2.75. The molecule has 5 heteroatoms. The number of amides is 1. The fourth-order valence-electron chi connectivity index (χ4n) is 1.73. The van der Waals surface area contributed by atoms with Gasteiger partial charge in [-0.25, -0.2) is 0 Å². The monoisotopic (exact) mass is 291 g/mol. The predicted molar refractivity (Wildman–Crippen MR) is 79.0 cm³/mol. The molecule has 0 radical (unpaired) electrons. The molecule has 0 aliphatic heterocycles. The van der Waals surface area contributed by atoms with Crippen molar-refractivity contribution in [3.63, 3.8) is 0 Å². The zero-order valence-electron chi connectivity index (χ0n) is 11.1. The van der Waals surface area contributed by atoms with E-state index in [-0.39, 0.29) is 5.91 Å². The first-order chi connectivity index (χ1) is 9.63. The maximum atomic E-state index is 12.2. The first-order valence-corrected chi connectivity index (χ1v) is 6.31. The lowest BCUT2D eigenvalue weighted by atomic mass is 10.2. The molecular formula is C15H14ClNO3. The van der Waals surface area contributed by atoms with Gasteiger partial charge in [0.25, 0.3) is 5.91 Å². The zero-order valence-corrected chi connectivity index (χ0v) is 11.9. The highest BCUT2D eigenvalue weighted by atomic mass is 35.5. The van der Waals surface area contributed by atoms with Crippen LogP contribution in [0.25, 0.3) is 0 Å². The number of carbonyl (C=O) groups excluding carboxylic acids is 1. The van der Waals surface area contributed by atoms with Gasteiger partial charge in [-0.1, -0.05) is 11.6 Å². The summed E-state index contributed by atoms with van der Waals surface area (Å²) < 4.78 is 10.2. The van der Waals surface area contributed by atoms with E-state index in [0.29, 0.717) is 22.0 Å². The Morgan fingerprint density at radius 1 is 1.05 bits per heavy atom. The molecule has 0 aliphatic rings. The molecule has 104 valence electrons. The van der Waals surface area contributed by atoms with Gasteiger partial charge >= 0.3 is 0 Å². The van der Waals surface area contributed by atoms with Crippen LogP contribution in [0.5, 0.6) is 11.5 Å². The summed E-state index contributed by atoms with van der Waals surface area (Å²) in [6.45, 7) is 0. The maximum Gasteiger partial charge on any atom is 0.259 e. The van der Waals surface area contributed by atoms with Crippen molar-refractivity contribution in [1.29, 1.82) is 0 Å². The second-order valence-electron chi connectivity index (χ2n) is 4.03. The van der Waals surface area contributed by atoms with Gasteiger partial charge in [0.05, 0.1) is 19.8 Å². The zero-order chi connectivity index (χ0) is 14.5. The Bertz CT molecular complexity index is 611. The van der Waals surface area contributed by atoms with Crippen LogP contribution in [-0.4, -0.2) is 20.1 Å². The van der Waals surface area contributed by atoms with E-state index in [1.165, 1.54) is 7.11 Å². The SMILES string of the molecule is COc1ccc(NC(=O)c2cc(Cl)ccc2OC)cc1. The van der Waals surface area contributed by atoms with Crippen LogP contribution in [0.2, 0.25) is 5.02 Å². The van der Waals surface area contributed by atoms with Crippen LogP contribution in [0.4, 0.5) is 5.69 Å². The molecule has 0 saturated heterocycles. The Labute approximate surface area is 122 Å². The van der Waals surface area contributed by atoms with Gasteiger partial charge in [0.15, 0.2) is 0 Å². The number of ether oxygens (including phenoxy) is 2. The highest BCUT2D eigenvalue weighted by molar-refractivity contribution is 6.31. The van der Waals surface area contributed by atoms with Crippen molar-refractivity contribution in [1.82, 2.24) is 0 Å². The summed E-state index contributed by atoms with van der Waals surface area (Å²) >= 11 is 5.91. The third kappa shape index (κ3) is 3.22. The largest absolute Gasteiger partial charge is 0.497 e. The summed E-state index contributed by atoms with van der Waals surface area (Å²) in [5.41, 5.74) is 1.05. The summed E-state index contributed by atoms with van der Waals surface area (Å²) in [5, 5.41) is 3.26. The molecule has 0 atom stereocenters. The van der Waals surface area contributed by atoms with E-state index in [1.54, 1.807) is 49.6 Å². The minimum atomic E-state index is -0.283. The number of hydrogen-bond donors (Lipinski definition) is 1. The van der Waals surface area contributed by atoms with E-state index in [2.05, 4.69) is 5.32 Å². The number of benzene rings is 2. The van der Waals surface area contributed by atoms with E-state index < -0.39 is 0 Å². The van der Waals surface area contributed by atoms with Crippen molar-refractivity contribution in [3.05, 3.63) is 53.1 Å². The highest BCUT2D eigenvalue weighted by Gasteiger charge is 2.13. The highest BCUT2D eigenvalue weighted by Crippen LogP contribution is 2.24. The van der Waals surface area contributed by atoms with Crippen LogP contribution in [0.15, 0.2) is 42.5 Å². The fourth-order valence-corrected chi connectivity index (χ4v) is 1.90. The second-order valence-corrected chi connectivity index (χ2v) is 4.46. The smallest absolute Gasteiger partial charge is 0.259 e. The molecule has 20 heavy (non-hydrogen) atoms. The molecular weight excluding hydrogens is 278 g/mol. The Morgan fingerprint density at radius 2 is 1.75 bits per heavy atom. The molecule has 1 amide bonds. The van der Waals surface area contributed by atoms with Crippen molar-refractivity contribution in [3.8, 4) is 11.5 Å². The van der Waals surface area contributed by atoms with Crippen molar-refractivity contribution in [2.45, 2.75) is 0 Å².